The Morgan fingerprint density at radius 1 is 1.62 bits per heavy atom. The molecule has 1 unspecified atom stereocenters. The molecular weight excluding hydrogens is 226 g/mol. The maximum Gasteiger partial charge on any atom is 0.186 e. The zero-order valence-corrected chi connectivity index (χ0v) is 10.7. The number of aromatic nitrogens is 2. The molecule has 0 saturated heterocycles. The SMILES string of the molecule is CC(C)CC(CN)C(=O)c1c(Cl)cnn1C. The van der Waals surface area contributed by atoms with Crippen molar-refractivity contribution in [2.75, 3.05) is 6.54 Å². The summed E-state index contributed by atoms with van der Waals surface area (Å²) in [6.45, 7) is 4.49. The second-order valence-corrected chi connectivity index (χ2v) is 4.80. The van der Waals surface area contributed by atoms with Crippen LogP contribution in [0.1, 0.15) is 30.8 Å². The van der Waals surface area contributed by atoms with Crippen molar-refractivity contribution in [3.63, 3.8) is 0 Å². The number of hydrogen-bond acceptors (Lipinski definition) is 3. The quantitative estimate of drug-likeness (QED) is 0.804. The van der Waals surface area contributed by atoms with Crippen LogP contribution in [-0.4, -0.2) is 22.1 Å². The zero-order chi connectivity index (χ0) is 12.3. The molecule has 0 aliphatic rings. The number of halogens is 1. The van der Waals surface area contributed by atoms with Gasteiger partial charge in [0.25, 0.3) is 0 Å². The first-order valence-corrected chi connectivity index (χ1v) is 5.77. The monoisotopic (exact) mass is 243 g/mol. The Hall–Kier alpha value is -0.870. The van der Waals surface area contributed by atoms with Gasteiger partial charge in [0.2, 0.25) is 0 Å². The first-order chi connectivity index (χ1) is 7.47. The minimum atomic E-state index is -0.173. The van der Waals surface area contributed by atoms with Crippen LogP contribution in [0.4, 0.5) is 0 Å². The summed E-state index contributed by atoms with van der Waals surface area (Å²) >= 11 is 5.93. The van der Waals surface area contributed by atoms with Crippen molar-refractivity contribution in [3.8, 4) is 0 Å². The minimum absolute atomic E-state index is 0.0128. The molecule has 0 bridgehead atoms. The van der Waals surface area contributed by atoms with E-state index in [1.54, 1.807) is 7.05 Å². The van der Waals surface area contributed by atoms with Crippen LogP contribution >= 0.6 is 11.6 Å². The summed E-state index contributed by atoms with van der Waals surface area (Å²) in [7, 11) is 1.71. The number of nitrogens with two attached hydrogens (primary N) is 1. The fraction of sp³-hybridized carbons (Fsp3) is 0.636. The predicted molar refractivity (Wildman–Crippen MR) is 64.5 cm³/mol. The van der Waals surface area contributed by atoms with E-state index >= 15 is 0 Å². The molecule has 0 aliphatic carbocycles. The molecule has 0 aliphatic heterocycles. The molecular formula is C11H18ClN3O. The number of carbonyl (C=O) groups is 1. The van der Waals surface area contributed by atoms with Crippen molar-refractivity contribution < 1.29 is 4.79 Å². The Bertz CT molecular complexity index is 354. The summed E-state index contributed by atoms with van der Waals surface area (Å²) in [5.74, 6) is 0.249. The van der Waals surface area contributed by atoms with Crippen LogP contribution in [0.15, 0.2) is 6.20 Å². The third-order valence-electron chi connectivity index (χ3n) is 2.54. The number of Topliss-reactive ketones (excluding diaryl/α,β-unsaturated/α-hetero) is 1. The van der Waals surface area contributed by atoms with E-state index in [1.165, 1.54) is 10.9 Å². The van der Waals surface area contributed by atoms with Gasteiger partial charge in [-0.05, 0) is 12.3 Å². The van der Waals surface area contributed by atoms with Crippen LogP contribution in [0.25, 0.3) is 0 Å². The molecule has 0 amide bonds. The third kappa shape index (κ3) is 2.83. The van der Waals surface area contributed by atoms with Gasteiger partial charge in [-0.2, -0.15) is 5.10 Å². The molecule has 0 spiro atoms. The normalized spacial score (nSPS) is 13.1. The summed E-state index contributed by atoms with van der Waals surface area (Å²) in [5, 5.41) is 4.35. The van der Waals surface area contributed by atoms with Gasteiger partial charge in [0, 0.05) is 19.5 Å². The number of hydrogen-bond donors (Lipinski definition) is 1. The van der Waals surface area contributed by atoms with E-state index in [1.807, 2.05) is 0 Å². The van der Waals surface area contributed by atoms with E-state index in [9.17, 15) is 4.79 Å². The highest BCUT2D eigenvalue weighted by Gasteiger charge is 2.24. The highest BCUT2D eigenvalue weighted by molar-refractivity contribution is 6.33. The van der Waals surface area contributed by atoms with Crippen LogP contribution in [0.2, 0.25) is 5.02 Å². The molecule has 2 N–H and O–H groups in total. The van der Waals surface area contributed by atoms with Gasteiger partial charge in [0.1, 0.15) is 5.69 Å². The third-order valence-corrected chi connectivity index (χ3v) is 2.82. The first kappa shape index (κ1) is 13.2. The second-order valence-electron chi connectivity index (χ2n) is 4.39. The smallest absolute Gasteiger partial charge is 0.186 e. The molecule has 1 heterocycles. The predicted octanol–water partition coefficient (Wildman–Crippen LogP) is 1.88. The van der Waals surface area contributed by atoms with E-state index in [2.05, 4.69) is 18.9 Å². The Kier molecular flexibility index (Phi) is 4.50. The lowest BCUT2D eigenvalue weighted by molar-refractivity contribution is 0.0899. The van der Waals surface area contributed by atoms with Crippen molar-refractivity contribution in [1.82, 2.24) is 9.78 Å². The lowest BCUT2D eigenvalue weighted by atomic mass is 9.92. The Labute approximate surface area is 101 Å². The van der Waals surface area contributed by atoms with Crippen LogP contribution < -0.4 is 5.73 Å². The highest BCUT2D eigenvalue weighted by Crippen LogP contribution is 2.21. The average Bonchev–Trinajstić information content (AvgIpc) is 2.54. The fourth-order valence-electron chi connectivity index (χ4n) is 1.76. The van der Waals surface area contributed by atoms with E-state index in [0.29, 0.717) is 23.2 Å². The van der Waals surface area contributed by atoms with E-state index in [4.69, 9.17) is 17.3 Å². The Balaban J connectivity index is 2.91. The van der Waals surface area contributed by atoms with Crippen LogP contribution in [0.5, 0.6) is 0 Å². The van der Waals surface area contributed by atoms with E-state index in [0.717, 1.165) is 6.42 Å². The maximum absolute atomic E-state index is 12.2. The van der Waals surface area contributed by atoms with Gasteiger partial charge >= 0.3 is 0 Å². The summed E-state index contributed by atoms with van der Waals surface area (Å²) in [5.41, 5.74) is 6.09. The molecule has 0 aromatic carbocycles. The molecule has 0 fully saturated rings. The molecule has 5 heteroatoms. The molecule has 1 rings (SSSR count). The van der Waals surface area contributed by atoms with Gasteiger partial charge in [0.05, 0.1) is 11.2 Å². The summed E-state index contributed by atoms with van der Waals surface area (Å²) in [6.07, 6.45) is 2.26. The van der Waals surface area contributed by atoms with Gasteiger partial charge < -0.3 is 5.73 Å². The number of rotatable bonds is 5. The number of nitrogens with zero attached hydrogens (tertiary/aromatic N) is 2. The lowest BCUT2D eigenvalue weighted by Crippen LogP contribution is -2.27. The van der Waals surface area contributed by atoms with Crippen molar-refractivity contribution in [1.29, 1.82) is 0 Å². The summed E-state index contributed by atoms with van der Waals surface area (Å²) < 4.78 is 1.51. The van der Waals surface area contributed by atoms with E-state index < -0.39 is 0 Å². The molecule has 4 nitrogen and oxygen atoms in total. The average molecular weight is 244 g/mol. The van der Waals surface area contributed by atoms with Gasteiger partial charge in [-0.25, -0.2) is 0 Å². The number of carbonyl (C=O) groups excluding carboxylic acids is 1. The Morgan fingerprint density at radius 3 is 2.62 bits per heavy atom. The molecule has 0 saturated carbocycles. The van der Waals surface area contributed by atoms with Gasteiger partial charge in [-0.1, -0.05) is 25.4 Å². The topological polar surface area (TPSA) is 60.9 Å². The van der Waals surface area contributed by atoms with Gasteiger partial charge in [0.15, 0.2) is 5.78 Å². The van der Waals surface area contributed by atoms with Crippen LogP contribution in [0, 0.1) is 11.8 Å². The molecule has 0 radical (unpaired) electrons. The second kappa shape index (κ2) is 5.46. The van der Waals surface area contributed by atoms with Crippen molar-refractivity contribution in [2.24, 2.45) is 24.6 Å². The number of ketones is 1. The van der Waals surface area contributed by atoms with Crippen LogP contribution in [0.3, 0.4) is 0 Å². The molecule has 1 atom stereocenters. The summed E-state index contributed by atoms with van der Waals surface area (Å²) in [4.78, 5) is 12.2. The minimum Gasteiger partial charge on any atom is -0.330 e. The maximum atomic E-state index is 12.2. The lowest BCUT2D eigenvalue weighted by Gasteiger charge is -2.16. The van der Waals surface area contributed by atoms with Crippen molar-refractivity contribution in [2.45, 2.75) is 20.3 Å². The van der Waals surface area contributed by atoms with Crippen molar-refractivity contribution in [3.05, 3.63) is 16.9 Å². The molecule has 16 heavy (non-hydrogen) atoms. The number of aryl methyl sites for hydroxylation is 1. The van der Waals surface area contributed by atoms with Gasteiger partial charge in [-0.15, -0.1) is 0 Å². The molecule has 1 aromatic rings. The largest absolute Gasteiger partial charge is 0.330 e. The van der Waals surface area contributed by atoms with Crippen molar-refractivity contribution >= 4 is 17.4 Å². The zero-order valence-electron chi connectivity index (χ0n) is 9.90. The highest BCUT2D eigenvalue weighted by atomic mass is 35.5. The van der Waals surface area contributed by atoms with E-state index in [-0.39, 0.29) is 11.7 Å². The molecule has 1 aromatic heterocycles. The fourth-order valence-corrected chi connectivity index (χ4v) is 2.02. The van der Waals surface area contributed by atoms with Crippen LogP contribution in [-0.2, 0) is 7.05 Å². The Morgan fingerprint density at radius 2 is 2.25 bits per heavy atom. The van der Waals surface area contributed by atoms with Gasteiger partial charge in [-0.3, -0.25) is 9.48 Å². The first-order valence-electron chi connectivity index (χ1n) is 5.39. The summed E-state index contributed by atoms with van der Waals surface area (Å²) in [6, 6.07) is 0. The molecule has 90 valence electrons. The standard InChI is InChI=1S/C11H18ClN3O/c1-7(2)4-8(5-13)11(16)10-9(12)6-14-15(10)3/h6-8H,4-5,13H2,1-3H3.